The first-order chi connectivity index (χ1) is 10.7. The minimum Gasteiger partial charge on any atom is -0.495 e. The predicted molar refractivity (Wildman–Crippen MR) is 86.3 cm³/mol. The predicted octanol–water partition coefficient (Wildman–Crippen LogP) is 2.99. The molecule has 0 saturated heterocycles. The molecule has 2 rings (SSSR count). The van der Waals surface area contributed by atoms with Gasteiger partial charge in [0.25, 0.3) is 5.91 Å². The molecule has 0 fully saturated rings. The van der Waals surface area contributed by atoms with E-state index in [9.17, 15) is 4.79 Å². The topological polar surface area (TPSA) is 59.9 Å². The van der Waals surface area contributed by atoms with Gasteiger partial charge in [-0.3, -0.25) is 4.79 Å². The molecular weight excluding hydrogens is 280 g/mol. The number of amides is 1. The highest BCUT2D eigenvalue weighted by Gasteiger charge is 2.08. The van der Waals surface area contributed by atoms with E-state index in [2.05, 4.69) is 10.5 Å². The molecule has 2 aromatic carbocycles. The van der Waals surface area contributed by atoms with E-state index in [0.717, 1.165) is 11.1 Å². The van der Waals surface area contributed by atoms with E-state index in [1.165, 1.54) is 0 Å². The van der Waals surface area contributed by atoms with Crippen LogP contribution in [0.1, 0.15) is 11.1 Å². The molecule has 0 aliphatic rings. The van der Waals surface area contributed by atoms with Crippen LogP contribution in [0, 0.1) is 6.92 Å². The molecule has 0 spiro atoms. The molecule has 0 aliphatic heterocycles. The van der Waals surface area contributed by atoms with Crippen molar-refractivity contribution in [3.05, 3.63) is 59.7 Å². The van der Waals surface area contributed by atoms with E-state index >= 15 is 0 Å². The number of carbonyl (C=O) groups excluding carboxylic acids is 1. The lowest BCUT2D eigenvalue weighted by Gasteiger charge is -2.10. The Morgan fingerprint density at radius 2 is 2.00 bits per heavy atom. The zero-order valence-electron chi connectivity index (χ0n) is 12.6. The van der Waals surface area contributed by atoms with Gasteiger partial charge in [0.15, 0.2) is 6.61 Å². The number of oxime groups is 1. The highest BCUT2D eigenvalue weighted by atomic mass is 16.6. The van der Waals surface area contributed by atoms with Crippen molar-refractivity contribution in [1.29, 1.82) is 0 Å². The van der Waals surface area contributed by atoms with Crippen molar-refractivity contribution in [3.63, 3.8) is 0 Å². The fourth-order valence-electron chi connectivity index (χ4n) is 1.84. The Bertz CT molecular complexity index is 654. The Hall–Kier alpha value is -2.82. The normalized spacial score (nSPS) is 10.5. The summed E-state index contributed by atoms with van der Waals surface area (Å²) < 4.78 is 5.20. The zero-order valence-corrected chi connectivity index (χ0v) is 12.6. The van der Waals surface area contributed by atoms with Crippen LogP contribution in [0.5, 0.6) is 5.75 Å². The highest BCUT2D eigenvalue weighted by molar-refractivity contribution is 5.93. The van der Waals surface area contributed by atoms with Crippen LogP contribution in [0.2, 0.25) is 0 Å². The fraction of sp³-hybridized carbons (Fsp3) is 0.176. The largest absolute Gasteiger partial charge is 0.495 e. The van der Waals surface area contributed by atoms with Crippen molar-refractivity contribution >= 4 is 17.8 Å². The molecule has 0 aromatic heterocycles. The smallest absolute Gasteiger partial charge is 0.265 e. The van der Waals surface area contributed by atoms with E-state index in [0.29, 0.717) is 11.4 Å². The van der Waals surface area contributed by atoms with Gasteiger partial charge in [-0.25, -0.2) is 0 Å². The molecule has 0 atom stereocenters. The summed E-state index contributed by atoms with van der Waals surface area (Å²) in [4.78, 5) is 16.8. The van der Waals surface area contributed by atoms with Gasteiger partial charge in [-0.1, -0.05) is 41.6 Å². The van der Waals surface area contributed by atoms with E-state index in [4.69, 9.17) is 9.57 Å². The third-order valence-corrected chi connectivity index (χ3v) is 2.90. The maximum absolute atomic E-state index is 11.8. The lowest BCUT2D eigenvalue weighted by molar-refractivity contribution is -0.120. The van der Waals surface area contributed by atoms with Gasteiger partial charge in [0.1, 0.15) is 5.75 Å². The number of hydrogen-bond acceptors (Lipinski definition) is 4. The third-order valence-electron chi connectivity index (χ3n) is 2.90. The van der Waals surface area contributed by atoms with Crippen LogP contribution in [0.3, 0.4) is 0 Å². The first kappa shape index (κ1) is 15.6. The van der Waals surface area contributed by atoms with Crippen molar-refractivity contribution < 1.29 is 14.4 Å². The Labute approximate surface area is 129 Å². The van der Waals surface area contributed by atoms with Crippen molar-refractivity contribution in [3.8, 4) is 5.75 Å². The second kappa shape index (κ2) is 7.83. The summed E-state index contributed by atoms with van der Waals surface area (Å²) >= 11 is 0. The number of nitrogens with one attached hydrogen (secondary N) is 1. The average Bonchev–Trinajstić information content (AvgIpc) is 2.53. The van der Waals surface area contributed by atoms with Gasteiger partial charge in [0, 0.05) is 0 Å². The van der Waals surface area contributed by atoms with Crippen LogP contribution in [0.15, 0.2) is 53.7 Å². The Kier molecular flexibility index (Phi) is 5.54. The number of benzene rings is 2. The quantitative estimate of drug-likeness (QED) is 0.659. The molecule has 5 heteroatoms. The number of aryl methyl sites for hydroxylation is 1. The Morgan fingerprint density at radius 3 is 2.73 bits per heavy atom. The molecule has 0 radical (unpaired) electrons. The Morgan fingerprint density at radius 1 is 1.23 bits per heavy atom. The number of ether oxygens (including phenoxy) is 1. The lowest BCUT2D eigenvalue weighted by atomic mass is 10.2. The molecule has 2 aromatic rings. The van der Waals surface area contributed by atoms with Crippen molar-refractivity contribution in [2.75, 3.05) is 19.0 Å². The first-order valence-electron chi connectivity index (χ1n) is 6.84. The molecule has 1 N–H and O–H groups in total. The second-order valence-corrected chi connectivity index (χ2v) is 4.67. The minimum absolute atomic E-state index is 0.166. The van der Waals surface area contributed by atoms with Crippen molar-refractivity contribution in [2.24, 2.45) is 5.16 Å². The second-order valence-electron chi connectivity index (χ2n) is 4.67. The number of anilines is 1. The molecule has 0 heterocycles. The van der Waals surface area contributed by atoms with Crippen LogP contribution in [-0.2, 0) is 9.63 Å². The summed E-state index contributed by atoms with van der Waals surface area (Å²) in [6.45, 7) is 1.77. The standard InChI is InChI=1S/C17H18N2O3/c1-13-8-9-16(21-2)15(10-13)19-17(20)12-22-18-11-14-6-4-3-5-7-14/h3-11H,12H2,1-2H3,(H,19,20)/b18-11-. The molecule has 0 unspecified atom stereocenters. The van der Waals surface area contributed by atoms with Crippen molar-refractivity contribution in [1.82, 2.24) is 0 Å². The van der Waals surface area contributed by atoms with Gasteiger partial charge < -0.3 is 14.9 Å². The van der Waals surface area contributed by atoms with Crippen LogP contribution < -0.4 is 10.1 Å². The molecule has 22 heavy (non-hydrogen) atoms. The lowest BCUT2D eigenvalue weighted by Crippen LogP contribution is -2.17. The van der Waals surface area contributed by atoms with Crippen LogP contribution in [0.4, 0.5) is 5.69 Å². The van der Waals surface area contributed by atoms with E-state index < -0.39 is 0 Å². The average molecular weight is 298 g/mol. The first-order valence-corrected chi connectivity index (χ1v) is 6.84. The van der Waals surface area contributed by atoms with Gasteiger partial charge in [0.05, 0.1) is 19.0 Å². The summed E-state index contributed by atoms with van der Waals surface area (Å²) in [5, 5.41) is 6.50. The number of rotatable bonds is 6. The van der Waals surface area contributed by atoms with Crippen LogP contribution >= 0.6 is 0 Å². The van der Waals surface area contributed by atoms with E-state index in [-0.39, 0.29) is 12.5 Å². The third kappa shape index (κ3) is 4.63. The number of nitrogens with zero attached hydrogens (tertiary/aromatic N) is 1. The minimum atomic E-state index is -0.297. The maximum Gasteiger partial charge on any atom is 0.265 e. The van der Waals surface area contributed by atoms with E-state index in [1.807, 2.05) is 49.4 Å². The summed E-state index contributed by atoms with van der Waals surface area (Å²) in [6, 6.07) is 15.1. The van der Waals surface area contributed by atoms with Gasteiger partial charge in [-0.05, 0) is 30.2 Å². The summed E-state index contributed by atoms with van der Waals surface area (Å²) in [5.74, 6) is 0.306. The van der Waals surface area contributed by atoms with Gasteiger partial charge >= 0.3 is 0 Å². The van der Waals surface area contributed by atoms with Gasteiger partial charge in [-0.15, -0.1) is 0 Å². The number of hydrogen-bond donors (Lipinski definition) is 1. The molecule has 1 amide bonds. The zero-order chi connectivity index (χ0) is 15.8. The molecule has 114 valence electrons. The van der Waals surface area contributed by atoms with Crippen LogP contribution in [-0.4, -0.2) is 25.8 Å². The number of carbonyl (C=O) groups is 1. The molecule has 0 saturated carbocycles. The SMILES string of the molecule is COc1ccc(C)cc1NC(=O)CO/N=C\c1ccccc1. The molecule has 0 aliphatic carbocycles. The Balaban J connectivity index is 1.86. The monoisotopic (exact) mass is 298 g/mol. The van der Waals surface area contributed by atoms with Crippen LogP contribution in [0.25, 0.3) is 0 Å². The van der Waals surface area contributed by atoms with Gasteiger partial charge in [0.2, 0.25) is 0 Å². The summed E-state index contributed by atoms with van der Waals surface area (Å²) in [5.41, 5.74) is 2.55. The molecular formula is C17H18N2O3. The maximum atomic E-state index is 11.8. The van der Waals surface area contributed by atoms with Crippen molar-refractivity contribution in [2.45, 2.75) is 6.92 Å². The molecule has 0 bridgehead atoms. The van der Waals surface area contributed by atoms with E-state index in [1.54, 1.807) is 19.4 Å². The fourth-order valence-corrected chi connectivity index (χ4v) is 1.84. The highest BCUT2D eigenvalue weighted by Crippen LogP contribution is 2.24. The van der Waals surface area contributed by atoms with Gasteiger partial charge in [-0.2, -0.15) is 0 Å². The number of methoxy groups -OCH3 is 1. The molecule has 5 nitrogen and oxygen atoms in total. The summed E-state index contributed by atoms with van der Waals surface area (Å²) in [6.07, 6.45) is 1.56. The summed E-state index contributed by atoms with van der Waals surface area (Å²) in [7, 11) is 1.56.